The molecule has 4 rings (SSSR count). The Labute approximate surface area is 191 Å². The van der Waals surface area contributed by atoms with E-state index in [-0.39, 0.29) is 11.9 Å². The Morgan fingerprint density at radius 1 is 1.03 bits per heavy atom. The van der Waals surface area contributed by atoms with Gasteiger partial charge in [0.1, 0.15) is 5.69 Å². The molecule has 1 saturated heterocycles. The van der Waals surface area contributed by atoms with Crippen LogP contribution in [0.3, 0.4) is 0 Å². The number of carbonyl (C=O) groups excluding carboxylic acids is 1. The summed E-state index contributed by atoms with van der Waals surface area (Å²) in [6.07, 6.45) is 0. The van der Waals surface area contributed by atoms with Gasteiger partial charge in [0.15, 0.2) is 0 Å². The highest BCUT2D eigenvalue weighted by Crippen LogP contribution is 2.32. The van der Waals surface area contributed by atoms with Gasteiger partial charge < -0.3 is 19.5 Å². The number of nitrogens with zero attached hydrogens (tertiary/aromatic N) is 2. The van der Waals surface area contributed by atoms with Gasteiger partial charge in [-0.25, -0.2) is 0 Å². The van der Waals surface area contributed by atoms with Crippen LogP contribution in [-0.4, -0.2) is 36.8 Å². The number of carbonyl (C=O) groups is 1. The number of anilines is 1. The summed E-state index contributed by atoms with van der Waals surface area (Å²) >= 11 is 0. The maximum atomic E-state index is 13.6. The summed E-state index contributed by atoms with van der Waals surface area (Å²) in [6, 6.07) is 18.5. The van der Waals surface area contributed by atoms with Gasteiger partial charge in [-0.05, 0) is 38.8 Å². The van der Waals surface area contributed by atoms with E-state index < -0.39 is 0 Å². The number of amides is 1. The molecule has 0 aliphatic carbocycles. The van der Waals surface area contributed by atoms with E-state index in [1.807, 2.05) is 37.3 Å². The van der Waals surface area contributed by atoms with Crippen molar-refractivity contribution in [1.29, 1.82) is 0 Å². The van der Waals surface area contributed by atoms with E-state index in [4.69, 9.17) is 4.74 Å². The number of aryl methyl sites for hydroxylation is 1. The molecule has 2 aromatic carbocycles. The van der Waals surface area contributed by atoms with Crippen LogP contribution in [0.25, 0.3) is 0 Å². The van der Waals surface area contributed by atoms with Crippen LogP contribution in [-0.2, 0) is 11.3 Å². The topological polar surface area (TPSA) is 46.5 Å². The fraction of sp³-hybridized carbons (Fsp3) is 0.370. The number of aromatic nitrogens is 1. The molecule has 32 heavy (non-hydrogen) atoms. The standard InChI is InChI=1S/C27H33N3O2/c1-19-9-8-10-23(17-19)18-30-22(4)25(29-13-15-32-16-14-29)20(2)26(30)27(31)28-21(3)24-11-6-5-7-12-24/h5-12,17,21H,13-16,18H2,1-4H3,(H,28,31)/t21-/m1/s1. The zero-order chi connectivity index (χ0) is 22.7. The van der Waals surface area contributed by atoms with Gasteiger partial charge in [0, 0.05) is 30.9 Å². The van der Waals surface area contributed by atoms with Crippen LogP contribution in [0.1, 0.15) is 51.4 Å². The van der Waals surface area contributed by atoms with Gasteiger partial charge in [-0.2, -0.15) is 0 Å². The summed E-state index contributed by atoms with van der Waals surface area (Å²) in [5, 5.41) is 3.23. The maximum Gasteiger partial charge on any atom is 0.268 e. The summed E-state index contributed by atoms with van der Waals surface area (Å²) in [5.41, 5.74) is 7.59. The predicted molar refractivity (Wildman–Crippen MR) is 130 cm³/mol. The molecule has 1 N–H and O–H groups in total. The van der Waals surface area contributed by atoms with Crippen LogP contribution in [0.5, 0.6) is 0 Å². The van der Waals surface area contributed by atoms with E-state index in [1.165, 1.54) is 16.8 Å². The molecule has 1 atom stereocenters. The molecular weight excluding hydrogens is 398 g/mol. The lowest BCUT2D eigenvalue weighted by Gasteiger charge is -2.29. The average Bonchev–Trinajstić information content (AvgIpc) is 3.04. The van der Waals surface area contributed by atoms with Crippen molar-refractivity contribution in [2.24, 2.45) is 0 Å². The van der Waals surface area contributed by atoms with Gasteiger partial charge in [0.05, 0.1) is 24.9 Å². The molecule has 0 spiro atoms. The first-order chi connectivity index (χ1) is 15.5. The molecule has 1 fully saturated rings. The number of rotatable bonds is 6. The monoisotopic (exact) mass is 431 g/mol. The molecule has 0 unspecified atom stereocenters. The molecule has 0 radical (unpaired) electrons. The van der Waals surface area contributed by atoms with Gasteiger partial charge >= 0.3 is 0 Å². The van der Waals surface area contributed by atoms with Crippen LogP contribution in [0.15, 0.2) is 54.6 Å². The highest BCUT2D eigenvalue weighted by Gasteiger charge is 2.27. The summed E-state index contributed by atoms with van der Waals surface area (Å²) < 4.78 is 7.75. The molecule has 3 aromatic rings. The number of hydrogen-bond acceptors (Lipinski definition) is 3. The van der Waals surface area contributed by atoms with Crippen LogP contribution in [0.2, 0.25) is 0 Å². The lowest BCUT2D eigenvalue weighted by atomic mass is 10.1. The molecule has 1 aliphatic rings. The number of ether oxygens (including phenoxy) is 1. The molecule has 5 heteroatoms. The molecule has 0 saturated carbocycles. The smallest absolute Gasteiger partial charge is 0.268 e. The van der Waals surface area contributed by atoms with Crippen molar-refractivity contribution >= 4 is 11.6 Å². The van der Waals surface area contributed by atoms with Gasteiger partial charge in [-0.1, -0.05) is 60.2 Å². The fourth-order valence-electron chi connectivity index (χ4n) is 4.71. The Morgan fingerprint density at radius 3 is 2.44 bits per heavy atom. The van der Waals surface area contributed by atoms with Crippen LogP contribution in [0.4, 0.5) is 5.69 Å². The first kappa shape index (κ1) is 22.2. The van der Waals surface area contributed by atoms with E-state index in [9.17, 15) is 4.79 Å². The third-order valence-electron chi connectivity index (χ3n) is 6.34. The van der Waals surface area contributed by atoms with E-state index in [0.717, 1.165) is 35.6 Å². The van der Waals surface area contributed by atoms with E-state index >= 15 is 0 Å². The summed E-state index contributed by atoms with van der Waals surface area (Å²) in [4.78, 5) is 16.0. The van der Waals surface area contributed by atoms with Crippen LogP contribution < -0.4 is 10.2 Å². The highest BCUT2D eigenvalue weighted by atomic mass is 16.5. The maximum absolute atomic E-state index is 13.6. The highest BCUT2D eigenvalue weighted by molar-refractivity contribution is 5.97. The summed E-state index contributed by atoms with van der Waals surface area (Å²) in [7, 11) is 0. The van der Waals surface area contributed by atoms with Crippen molar-refractivity contribution in [3.63, 3.8) is 0 Å². The third-order valence-corrected chi connectivity index (χ3v) is 6.34. The fourth-order valence-corrected chi connectivity index (χ4v) is 4.71. The van der Waals surface area contributed by atoms with E-state index in [1.54, 1.807) is 0 Å². The molecule has 0 bridgehead atoms. The minimum atomic E-state index is -0.0717. The average molecular weight is 432 g/mol. The minimum Gasteiger partial charge on any atom is -0.378 e. The predicted octanol–water partition coefficient (Wildman–Crippen LogP) is 4.79. The second kappa shape index (κ2) is 9.61. The van der Waals surface area contributed by atoms with Crippen molar-refractivity contribution in [1.82, 2.24) is 9.88 Å². The second-order valence-electron chi connectivity index (χ2n) is 8.69. The van der Waals surface area contributed by atoms with E-state index in [2.05, 4.69) is 59.8 Å². The Bertz CT molecular complexity index is 1080. The zero-order valence-corrected chi connectivity index (χ0v) is 19.5. The Balaban J connectivity index is 1.72. The Kier molecular flexibility index (Phi) is 6.66. The molecule has 168 valence electrons. The van der Waals surface area contributed by atoms with Gasteiger partial charge in [-0.15, -0.1) is 0 Å². The first-order valence-electron chi connectivity index (χ1n) is 11.4. The van der Waals surface area contributed by atoms with Crippen molar-refractivity contribution in [2.45, 2.75) is 40.3 Å². The van der Waals surface area contributed by atoms with Crippen LogP contribution in [0, 0.1) is 20.8 Å². The molecule has 2 heterocycles. The second-order valence-corrected chi connectivity index (χ2v) is 8.69. The van der Waals surface area contributed by atoms with Crippen molar-refractivity contribution in [3.05, 3.63) is 88.2 Å². The van der Waals surface area contributed by atoms with Crippen molar-refractivity contribution in [3.8, 4) is 0 Å². The number of morpholine rings is 1. The number of benzene rings is 2. The van der Waals surface area contributed by atoms with Gasteiger partial charge in [0.2, 0.25) is 0 Å². The quantitative estimate of drug-likeness (QED) is 0.610. The molecule has 1 amide bonds. The Hall–Kier alpha value is -3.05. The van der Waals surface area contributed by atoms with Crippen molar-refractivity contribution in [2.75, 3.05) is 31.2 Å². The molecular formula is C27H33N3O2. The third kappa shape index (κ3) is 4.58. The number of nitrogens with one attached hydrogen (secondary N) is 1. The largest absolute Gasteiger partial charge is 0.378 e. The van der Waals surface area contributed by atoms with Crippen LogP contribution >= 0.6 is 0 Å². The van der Waals surface area contributed by atoms with Crippen molar-refractivity contribution < 1.29 is 9.53 Å². The Morgan fingerprint density at radius 2 is 1.75 bits per heavy atom. The van der Waals surface area contributed by atoms with Gasteiger partial charge in [0.25, 0.3) is 5.91 Å². The summed E-state index contributed by atoms with van der Waals surface area (Å²) in [6.45, 7) is 12.1. The first-order valence-corrected chi connectivity index (χ1v) is 11.4. The molecule has 5 nitrogen and oxygen atoms in total. The number of hydrogen-bond donors (Lipinski definition) is 1. The normalized spacial score (nSPS) is 14.9. The lowest BCUT2D eigenvalue weighted by Crippen LogP contribution is -2.36. The SMILES string of the molecule is Cc1cccc(Cn2c(C)c(N3CCOCC3)c(C)c2C(=O)N[C@H](C)c2ccccc2)c1. The molecule has 1 aromatic heterocycles. The molecule has 1 aliphatic heterocycles. The van der Waals surface area contributed by atoms with Gasteiger partial charge in [-0.3, -0.25) is 4.79 Å². The summed E-state index contributed by atoms with van der Waals surface area (Å²) in [5.74, 6) is -0.0332. The lowest BCUT2D eigenvalue weighted by molar-refractivity contribution is 0.0930. The van der Waals surface area contributed by atoms with E-state index in [0.29, 0.717) is 19.8 Å². The zero-order valence-electron chi connectivity index (χ0n) is 19.5. The minimum absolute atomic E-state index is 0.0332.